The molecule has 0 fully saturated rings. The zero-order valence-electron chi connectivity index (χ0n) is 13.4. The van der Waals surface area contributed by atoms with Crippen molar-refractivity contribution in [1.82, 2.24) is 14.9 Å². The number of fused-ring (bicyclic) bond motifs is 1. The van der Waals surface area contributed by atoms with Crippen LogP contribution in [-0.2, 0) is 13.1 Å². The van der Waals surface area contributed by atoms with E-state index < -0.39 is 0 Å². The van der Waals surface area contributed by atoms with Crippen molar-refractivity contribution in [1.29, 1.82) is 0 Å². The summed E-state index contributed by atoms with van der Waals surface area (Å²) in [6.45, 7) is 8.23. The van der Waals surface area contributed by atoms with Crippen LogP contribution in [0.3, 0.4) is 0 Å². The molecule has 0 amide bonds. The van der Waals surface area contributed by atoms with Crippen LogP contribution in [-0.4, -0.2) is 26.8 Å². The Morgan fingerprint density at radius 1 is 1.19 bits per heavy atom. The smallest absolute Gasteiger partial charge is 0.123 e. The number of nitrogens with one attached hydrogen (secondary N) is 1. The molecule has 1 aromatic heterocycles. The van der Waals surface area contributed by atoms with Crippen molar-refractivity contribution >= 4 is 11.0 Å². The third-order valence-electron chi connectivity index (χ3n) is 4.46. The lowest BCUT2D eigenvalue weighted by Crippen LogP contribution is -2.47. The van der Waals surface area contributed by atoms with Gasteiger partial charge < -0.3 is 15.0 Å². The fourth-order valence-corrected chi connectivity index (χ4v) is 2.78. The molecule has 2 aromatic rings. The van der Waals surface area contributed by atoms with Crippen LogP contribution in [0.25, 0.3) is 11.0 Å². The van der Waals surface area contributed by atoms with Crippen LogP contribution in [0.5, 0.6) is 0 Å². The number of aliphatic hydroxyl groups is 1. The highest BCUT2D eigenvalue weighted by Gasteiger charge is 2.25. The number of rotatable bonds is 8. The third-order valence-corrected chi connectivity index (χ3v) is 4.46. The second-order valence-electron chi connectivity index (χ2n) is 5.67. The SMILES string of the molecule is CCCn1c(CNC(CC)(CC)CO)nc2ccccc21. The molecule has 0 atom stereocenters. The van der Waals surface area contributed by atoms with Crippen LogP contribution in [0.15, 0.2) is 24.3 Å². The minimum Gasteiger partial charge on any atom is -0.394 e. The van der Waals surface area contributed by atoms with E-state index in [4.69, 9.17) is 4.98 Å². The van der Waals surface area contributed by atoms with E-state index in [1.54, 1.807) is 0 Å². The molecule has 0 radical (unpaired) electrons. The number of aryl methyl sites for hydroxylation is 1. The highest BCUT2D eigenvalue weighted by Crippen LogP contribution is 2.19. The summed E-state index contributed by atoms with van der Waals surface area (Å²) in [6.07, 6.45) is 2.90. The number of aromatic nitrogens is 2. The van der Waals surface area contributed by atoms with Crippen LogP contribution in [0.1, 0.15) is 45.9 Å². The summed E-state index contributed by atoms with van der Waals surface area (Å²) in [7, 11) is 0. The van der Waals surface area contributed by atoms with Crippen molar-refractivity contribution in [3.8, 4) is 0 Å². The fraction of sp³-hybridized carbons (Fsp3) is 0.588. The van der Waals surface area contributed by atoms with Gasteiger partial charge in [-0.15, -0.1) is 0 Å². The molecule has 4 heteroatoms. The number of hydrogen-bond donors (Lipinski definition) is 2. The number of imidazole rings is 1. The first kappa shape index (κ1) is 16.0. The topological polar surface area (TPSA) is 50.1 Å². The number of hydrogen-bond acceptors (Lipinski definition) is 3. The van der Waals surface area contributed by atoms with E-state index in [1.165, 1.54) is 5.52 Å². The van der Waals surface area contributed by atoms with Gasteiger partial charge in [-0.1, -0.05) is 32.9 Å². The Balaban J connectivity index is 2.27. The molecule has 0 saturated heterocycles. The van der Waals surface area contributed by atoms with Crippen molar-refractivity contribution in [3.63, 3.8) is 0 Å². The number of benzene rings is 1. The van der Waals surface area contributed by atoms with Gasteiger partial charge in [-0.25, -0.2) is 4.98 Å². The van der Waals surface area contributed by atoms with Gasteiger partial charge in [0.05, 0.1) is 24.2 Å². The van der Waals surface area contributed by atoms with Crippen molar-refractivity contribution < 1.29 is 5.11 Å². The van der Waals surface area contributed by atoms with E-state index in [1.807, 2.05) is 6.07 Å². The molecular weight excluding hydrogens is 262 g/mol. The molecule has 1 heterocycles. The van der Waals surface area contributed by atoms with Crippen LogP contribution in [0, 0.1) is 0 Å². The Bertz CT molecular complexity index is 564. The lowest BCUT2D eigenvalue weighted by atomic mass is 9.94. The Labute approximate surface area is 127 Å². The van der Waals surface area contributed by atoms with Gasteiger partial charge in [0.15, 0.2) is 0 Å². The largest absolute Gasteiger partial charge is 0.394 e. The van der Waals surface area contributed by atoms with E-state index in [9.17, 15) is 5.11 Å². The summed E-state index contributed by atoms with van der Waals surface area (Å²) in [5.41, 5.74) is 2.04. The van der Waals surface area contributed by atoms with Gasteiger partial charge in [0.25, 0.3) is 0 Å². The lowest BCUT2D eigenvalue weighted by Gasteiger charge is -2.30. The van der Waals surface area contributed by atoms with E-state index in [0.717, 1.165) is 37.1 Å². The van der Waals surface area contributed by atoms with Gasteiger partial charge in [-0.3, -0.25) is 0 Å². The van der Waals surface area contributed by atoms with Gasteiger partial charge in [0.1, 0.15) is 5.82 Å². The molecule has 0 bridgehead atoms. The van der Waals surface area contributed by atoms with Gasteiger partial charge in [0.2, 0.25) is 0 Å². The average Bonchev–Trinajstić information content (AvgIpc) is 2.88. The normalized spacial score (nSPS) is 12.2. The fourth-order valence-electron chi connectivity index (χ4n) is 2.78. The average molecular weight is 289 g/mol. The third kappa shape index (κ3) is 3.27. The van der Waals surface area contributed by atoms with Crippen LogP contribution in [0.4, 0.5) is 0 Å². The first-order valence-electron chi connectivity index (χ1n) is 7.99. The van der Waals surface area contributed by atoms with Gasteiger partial charge in [0, 0.05) is 12.1 Å². The summed E-state index contributed by atoms with van der Waals surface area (Å²) < 4.78 is 2.29. The maximum atomic E-state index is 9.68. The first-order chi connectivity index (χ1) is 10.2. The predicted octanol–water partition coefficient (Wildman–Crippen LogP) is 3.09. The molecule has 0 aliphatic rings. The Kier molecular flexibility index (Phi) is 5.37. The van der Waals surface area contributed by atoms with Gasteiger partial charge in [-0.05, 0) is 31.4 Å². The molecule has 4 nitrogen and oxygen atoms in total. The van der Waals surface area contributed by atoms with Crippen molar-refractivity contribution in [3.05, 3.63) is 30.1 Å². The number of aliphatic hydroxyl groups excluding tert-OH is 1. The Hall–Kier alpha value is -1.39. The van der Waals surface area contributed by atoms with Crippen molar-refractivity contribution in [2.45, 2.75) is 58.7 Å². The van der Waals surface area contributed by atoms with Crippen molar-refractivity contribution in [2.75, 3.05) is 6.61 Å². The van der Waals surface area contributed by atoms with E-state index in [-0.39, 0.29) is 12.1 Å². The molecule has 0 unspecified atom stereocenters. The van der Waals surface area contributed by atoms with Crippen LogP contribution >= 0.6 is 0 Å². The summed E-state index contributed by atoms with van der Waals surface area (Å²) in [5, 5.41) is 13.2. The highest BCUT2D eigenvalue weighted by molar-refractivity contribution is 5.75. The molecule has 0 aliphatic heterocycles. The summed E-state index contributed by atoms with van der Waals surface area (Å²) >= 11 is 0. The molecular formula is C17H27N3O. The highest BCUT2D eigenvalue weighted by atomic mass is 16.3. The zero-order valence-corrected chi connectivity index (χ0v) is 13.4. The Morgan fingerprint density at radius 2 is 1.90 bits per heavy atom. The second kappa shape index (κ2) is 7.05. The maximum absolute atomic E-state index is 9.68. The summed E-state index contributed by atoms with van der Waals surface area (Å²) in [5.74, 6) is 1.05. The minimum atomic E-state index is -0.199. The summed E-state index contributed by atoms with van der Waals surface area (Å²) in [4.78, 5) is 4.76. The standard InChI is InChI=1S/C17H27N3O/c1-4-11-20-15-10-8-7-9-14(15)19-16(20)12-18-17(5-2,6-3)13-21/h7-10,18,21H,4-6,11-13H2,1-3H3. The first-order valence-corrected chi connectivity index (χ1v) is 7.99. The van der Waals surface area contributed by atoms with Crippen LogP contribution in [0.2, 0.25) is 0 Å². The predicted molar refractivity (Wildman–Crippen MR) is 87.3 cm³/mol. The van der Waals surface area contributed by atoms with Crippen LogP contribution < -0.4 is 5.32 Å². The van der Waals surface area contributed by atoms with E-state index in [0.29, 0.717) is 6.54 Å². The van der Waals surface area contributed by atoms with E-state index in [2.05, 4.69) is 48.9 Å². The molecule has 0 saturated carbocycles. The molecule has 21 heavy (non-hydrogen) atoms. The summed E-state index contributed by atoms with van der Waals surface area (Å²) in [6, 6.07) is 8.27. The molecule has 1 aromatic carbocycles. The number of nitrogens with zero attached hydrogens (tertiary/aromatic N) is 2. The monoisotopic (exact) mass is 289 g/mol. The number of para-hydroxylation sites is 2. The van der Waals surface area contributed by atoms with Crippen molar-refractivity contribution in [2.24, 2.45) is 0 Å². The molecule has 0 aliphatic carbocycles. The molecule has 2 N–H and O–H groups in total. The molecule has 116 valence electrons. The van der Waals surface area contributed by atoms with Gasteiger partial charge >= 0.3 is 0 Å². The lowest BCUT2D eigenvalue weighted by molar-refractivity contribution is 0.148. The Morgan fingerprint density at radius 3 is 2.52 bits per heavy atom. The maximum Gasteiger partial charge on any atom is 0.123 e. The second-order valence-corrected chi connectivity index (χ2v) is 5.67. The van der Waals surface area contributed by atoms with E-state index >= 15 is 0 Å². The zero-order chi connectivity index (χ0) is 15.3. The molecule has 2 rings (SSSR count). The van der Waals surface area contributed by atoms with Gasteiger partial charge in [-0.2, -0.15) is 0 Å². The molecule has 0 spiro atoms. The minimum absolute atomic E-state index is 0.161. The quantitative estimate of drug-likeness (QED) is 0.785.